The number of carbonyl (C=O) groups is 5. The number of nitrogens with zero attached hydrogens (tertiary/aromatic N) is 10. The lowest BCUT2D eigenvalue weighted by Gasteiger charge is -2.43. The number of ketones is 2. The Hall–Kier alpha value is -8.40. The molecule has 8 heterocycles. The molecule has 0 radical (unpaired) electrons. The summed E-state index contributed by atoms with van der Waals surface area (Å²) in [5, 5.41) is 65.8. The second-order valence-corrected chi connectivity index (χ2v) is 36.3. The second kappa shape index (κ2) is 51.9. The van der Waals surface area contributed by atoms with Crippen molar-refractivity contribution in [1.82, 2.24) is 44.6 Å². The lowest BCUT2D eigenvalue weighted by atomic mass is 9.78. The summed E-state index contributed by atoms with van der Waals surface area (Å²) in [4.78, 5) is 88.3. The fourth-order valence-corrected chi connectivity index (χ4v) is 18.6. The molecule has 1 aliphatic carbocycles. The number of esters is 1. The Labute approximate surface area is 770 Å². The summed E-state index contributed by atoms with van der Waals surface area (Å²) in [6, 6.07) is 10.9. The Morgan fingerprint density at radius 2 is 1.41 bits per heavy atom. The van der Waals surface area contributed by atoms with Crippen LogP contribution in [0.4, 0.5) is 11.8 Å². The summed E-state index contributed by atoms with van der Waals surface area (Å²) < 4.78 is 72.6. The third kappa shape index (κ3) is 29.8. The maximum Gasteiger partial charge on any atom is 0.329 e. The third-order valence-corrected chi connectivity index (χ3v) is 26.6. The highest BCUT2D eigenvalue weighted by molar-refractivity contribution is 6.39. The van der Waals surface area contributed by atoms with Gasteiger partial charge in [-0.05, 0) is 155 Å². The molecule has 34 nitrogen and oxygen atoms in total. The van der Waals surface area contributed by atoms with Gasteiger partial charge in [-0.2, -0.15) is 15.2 Å². The molecule has 0 unspecified atom stereocenters. The number of amides is 2. The summed E-state index contributed by atoms with van der Waals surface area (Å²) in [6.07, 6.45) is 13.9. The number of aliphatic hydroxyl groups is 4. The van der Waals surface area contributed by atoms with Crippen LogP contribution in [0, 0.1) is 35.5 Å². The number of fused-ring (bicyclic) bond motifs is 6. The molecule has 34 heteroatoms. The monoisotopic (exact) mass is 1830 g/mol. The number of Topliss-reactive ketones (excluding diaryl/α,β-unsaturated/α-hetero) is 2. The number of nitrogens with two attached hydrogens (primary N) is 2. The Bertz CT molecular complexity index is 4630. The first-order valence-electron chi connectivity index (χ1n) is 47.2. The van der Waals surface area contributed by atoms with Crippen LogP contribution in [0.3, 0.4) is 0 Å². The van der Waals surface area contributed by atoms with Crippen LogP contribution in [0.2, 0.25) is 0 Å². The summed E-state index contributed by atoms with van der Waals surface area (Å²) in [7, 11) is 4.64. The van der Waals surface area contributed by atoms with Gasteiger partial charge in [-0.1, -0.05) is 94.4 Å². The molecule has 131 heavy (non-hydrogen) atoms. The second-order valence-electron chi connectivity index (χ2n) is 36.3. The molecular formula is C97H144N12O22. The molecule has 5 aliphatic heterocycles. The molecule has 4 fully saturated rings. The van der Waals surface area contributed by atoms with Gasteiger partial charge in [-0.25, -0.2) is 4.79 Å². The highest BCUT2D eigenvalue weighted by Crippen LogP contribution is 2.40. The molecule has 16 atom stereocenters. The van der Waals surface area contributed by atoms with Gasteiger partial charge in [0.05, 0.1) is 139 Å². The summed E-state index contributed by atoms with van der Waals surface area (Å²) in [5.41, 5.74) is 20.7. The van der Waals surface area contributed by atoms with E-state index in [0.29, 0.717) is 203 Å². The summed E-state index contributed by atoms with van der Waals surface area (Å²) >= 11 is 0. The number of carbonyl (C=O) groups excluding carboxylic acids is 5. The van der Waals surface area contributed by atoms with Gasteiger partial charge < -0.3 is 103 Å². The third-order valence-electron chi connectivity index (χ3n) is 26.6. The van der Waals surface area contributed by atoms with Crippen LogP contribution in [-0.2, 0) is 100 Å². The average Bonchev–Trinajstić information content (AvgIpc) is 1.61. The van der Waals surface area contributed by atoms with E-state index in [1.165, 1.54) is 17.6 Å². The first-order chi connectivity index (χ1) is 63.2. The Morgan fingerprint density at radius 1 is 0.710 bits per heavy atom. The highest BCUT2D eigenvalue weighted by atomic mass is 16.6. The van der Waals surface area contributed by atoms with Crippen molar-refractivity contribution >= 4 is 68.9 Å². The van der Waals surface area contributed by atoms with Gasteiger partial charge >= 0.3 is 5.97 Å². The van der Waals surface area contributed by atoms with Crippen molar-refractivity contribution in [1.29, 1.82) is 0 Å². The number of benzene rings is 2. The number of rotatable bonds is 37. The Morgan fingerprint density at radius 3 is 2.11 bits per heavy atom. The standard InChI is InChI=1S/C97H144N12O22/c1-63-17-12-11-13-18-64(2)83(119-8)57-76-26-21-69(7)97(118,131-76)92(115)94(116)108-31-15-14-20-78(108)95(117)129-84(66(4)53-70-23-27-80(111)85(55-70)120-9)58-81(112)65(3)52-68(6)90(114)91(121-10)88(67(5)51-63)104-128-62-75(110)19-16-39-122-43-45-124-41-37-105-33-35-106(36-34-105)38-42-125-46-48-127-50-49-126-47-44-123-40-30-86(113)107-32-29-72-54-71(22-24-74(72)61-107)60-109-79-59-100-102-93(98)87(79)89(103-109)73-25-28-82-77(56-73)101-96(99)130-82/h11-13,17-18,22,24-25,28,52,54,56,59,63,65-67,69-70,76,78,80-81,83-85,90-91,111-112,114,118H,14-16,19-21,23,26-27,29-51,53,55,57-58,60-62H2,1-10H3,(H2,98,102)(H2,99,101)/b13-11?,17-12+,64-18?,68-52+,104-88+/t63-,65-,66-,67-,69-,70+,76+,78+,80-,81-,83+,84+,85-,90-,91+,97-/m1/s1. The van der Waals surface area contributed by atoms with Crippen LogP contribution in [0.5, 0.6) is 0 Å². The van der Waals surface area contributed by atoms with E-state index in [-0.39, 0.29) is 92.1 Å². The summed E-state index contributed by atoms with van der Waals surface area (Å²) in [6.45, 7) is 25.3. The fourth-order valence-electron chi connectivity index (χ4n) is 18.6. The van der Waals surface area contributed by atoms with E-state index >= 15 is 0 Å². The smallest absolute Gasteiger partial charge is 0.329 e. The van der Waals surface area contributed by atoms with Gasteiger partial charge in [-0.15, -0.1) is 5.10 Å². The van der Waals surface area contributed by atoms with Gasteiger partial charge in [0.2, 0.25) is 11.7 Å². The minimum Gasteiger partial charge on any atom is -0.460 e. The summed E-state index contributed by atoms with van der Waals surface area (Å²) in [5.74, 6) is -7.11. The molecule has 724 valence electrons. The molecule has 2 bridgehead atoms. The zero-order chi connectivity index (χ0) is 93.5. The number of aromatic nitrogens is 5. The zero-order valence-electron chi connectivity index (χ0n) is 78.5. The number of methoxy groups -OCH3 is 3. The number of oxime groups is 1. The molecule has 3 saturated heterocycles. The molecule has 2 aromatic carbocycles. The molecule has 1 saturated carbocycles. The van der Waals surface area contributed by atoms with Gasteiger partial charge in [0.15, 0.2) is 23.8 Å². The van der Waals surface area contributed by atoms with Gasteiger partial charge in [-0.3, -0.25) is 33.7 Å². The van der Waals surface area contributed by atoms with E-state index in [1.54, 1.807) is 40.3 Å². The Kier molecular flexibility index (Phi) is 40.8. The van der Waals surface area contributed by atoms with E-state index in [1.807, 2.05) is 79.8 Å². The Balaban J connectivity index is 0.550. The molecule has 6 aliphatic rings. The van der Waals surface area contributed by atoms with Crippen LogP contribution in [0.15, 0.2) is 99.8 Å². The quantitative estimate of drug-likeness (QED) is 0.00709. The normalized spacial score (nSPS) is 27.8. The molecule has 8 N–H and O–H groups in total. The van der Waals surface area contributed by atoms with Crippen molar-refractivity contribution in [2.75, 3.05) is 171 Å². The predicted octanol–water partition coefficient (Wildman–Crippen LogP) is 8.98. The van der Waals surface area contributed by atoms with Crippen LogP contribution in [0.1, 0.15) is 161 Å². The lowest BCUT2D eigenvalue weighted by Crippen LogP contribution is -2.61. The number of hydrogen-bond donors (Lipinski definition) is 6. The van der Waals surface area contributed by atoms with Gasteiger partial charge in [0.25, 0.3) is 17.7 Å². The maximum atomic E-state index is 14.7. The molecule has 5 aromatic rings. The van der Waals surface area contributed by atoms with E-state index in [9.17, 15) is 44.4 Å². The van der Waals surface area contributed by atoms with Crippen LogP contribution in [-0.4, -0.2) is 320 Å². The minimum atomic E-state index is -2.46. The first-order valence-corrected chi connectivity index (χ1v) is 47.2. The number of nitrogen functional groups attached to an aromatic ring is 2. The van der Waals surface area contributed by atoms with E-state index in [0.717, 1.165) is 73.5 Å². The number of hydrogen-bond acceptors (Lipinski definition) is 31. The van der Waals surface area contributed by atoms with Crippen molar-refractivity contribution in [2.45, 2.75) is 225 Å². The minimum absolute atomic E-state index is 0.0151. The van der Waals surface area contributed by atoms with Gasteiger partial charge in [0.1, 0.15) is 35.6 Å². The van der Waals surface area contributed by atoms with E-state index < -0.39 is 84.1 Å². The number of piperidine rings is 1. The SMILES string of the molecule is CO[C@H]1C[C@@H]2CC[C@@H](C)[C@@](O)(O2)C(=O)C(=O)N2CCCC[C@H]2C(=O)O[C@H]([C@H](C)C[C@@H]2CC[C@@H](O)[C@H](OC)C2)C[C@@H](O)[C@H](C)/C=C(\C)[C@@H](O)[C@@H](OC)/C(=N/OCC(=O)CCCOCCOCCN2CCN(CCOCCOCCOCCOCCC(=O)N3CCc4cc(Cn5nc(-c6ccc7oc(N)nc7c6)c6c(N)nncc65)ccc4C3)CC2)[C@H](C)C[C@H](C)/C=C/C=CC=C1C. The number of cyclic esters (lactones) is 1. The van der Waals surface area contributed by atoms with Crippen molar-refractivity contribution < 1.29 is 106 Å². The van der Waals surface area contributed by atoms with E-state index in [4.69, 9.17) is 77.9 Å². The van der Waals surface area contributed by atoms with Crippen molar-refractivity contribution in [3.05, 3.63) is 107 Å². The molecule has 3 aromatic heterocycles. The number of allylic oxidation sites excluding steroid dienone is 5. The predicted molar refractivity (Wildman–Crippen MR) is 493 cm³/mol. The number of ether oxygens (including phenoxy) is 11. The number of piperazine rings is 1. The first kappa shape index (κ1) is 103. The topological polar surface area (TPSA) is 424 Å². The van der Waals surface area contributed by atoms with Crippen LogP contribution >= 0.6 is 0 Å². The largest absolute Gasteiger partial charge is 0.460 e. The lowest BCUT2D eigenvalue weighted by molar-refractivity contribution is -0.265. The van der Waals surface area contributed by atoms with Crippen molar-refractivity contribution in [3.63, 3.8) is 0 Å². The number of anilines is 2. The van der Waals surface area contributed by atoms with Crippen LogP contribution in [0.25, 0.3) is 33.3 Å². The molecule has 2 amide bonds. The molecule has 0 spiro atoms. The maximum absolute atomic E-state index is 14.7. The molecule has 11 rings (SSSR count). The van der Waals surface area contributed by atoms with Crippen molar-refractivity contribution in [3.8, 4) is 11.3 Å². The van der Waals surface area contributed by atoms with Crippen LogP contribution < -0.4 is 11.5 Å². The van der Waals surface area contributed by atoms with Crippen molar-refractivity contribution in [2.24, 2.45) is 40.7 Å². The number of aliphatic hydroxyl groups excluding tert-OH is 3. The average molecular weight is 1830 g/mol. The molecular weight excluding hydrogens is 1690 g/mol. The number of oxazole rings is 1. The van der Waals surface area contributed by atoms with Gasteiger partial charge in [0, 0.05) is 129 Å². The zero-order valence-corrected chi connectivity index (χ0v) is 78.5. The fraction of sp³-hybridized carbons (Fsp3) is 0.670. The highest BCUT2D eigenvalue weighted by Gasteiger charge is 2.53. The van der Waals surface area contributed by atoms with E-state index in [2.05, 4.69) is 61.3 Å².